The Balaban J connectivity index is 0.00000280. The summed E-state index contributed by atoms with van der Waals surface area (Å²) in [7, 11) is 1.82. The number of nitrogens with two attached hydrogens (primary N) is 1. The number of nitrogens with zero attached hydrogens (tertiary/aromatic N) is 2. The van der Waals surface area contributed by atoms with Crippen molar-refractivity contribution in [3.8, 4) is 0 Å². The third-order valence-electron chi connectivity index (χ3n) is 5.31. The van der Waals surface area contributed by atoms with Crippen molar-refractivity contribution in [3.05, 3.63) is 71.3 Å². The zero-order chi connectivity index (χ0) is 19.2. The molecule has 0 bridgehead atoms. The summed E-state index contributed by atoms with van der Waals surface area (Å²) in [4.78, 5) is 18.1. The average Bonchev–Trinajstić information content (AvgIpc) is 2.69. The minimum Gasteiger partial charge on any atom is -0.366 e. The quantitative estimate of drug-likeness (QED) is 0.389. The zero-order valence-electron chi connectivity index (χ0n) is 16.5. The molecular formula is C22H29IN4O. The fourth-order valence-electron chi connectivity index (χ4n) is 3.88. The lowest BCUT2D eigenvalue weighted by atomic mass is 9.82. The highest BCUT2D eigenvalue weighted by Crippen LogP contribution is 2.32. The van der Waals surface area contributed by atoms with Gasteiger partial charge < -0.3 is 16.0 Å². The first-order valence-electron chi connectivity index (χ1n) is 9.47. The number of benzene rings is 2. The predicted molar refractivity (Wildman–Crippen MR) is 125 cm³/mol. The predicted octanol–water partition coefficient (Wildman–Crippen LogP) is 3.60. The van der Waals surface area contributed by atoms with E-state index in [1.54, 1.807) is 6.07 Å². The number of piperidine rings is 1. The monoisotopic (exact) mass is 492 g/mol. The molecule has 1 saturated heterocycles. The number of amides is 1. The third kappa shape index (κ3) is 5.47. The van der Waals surface area contributed by atoms with Crippen molar-refractivity contribution in [2.24, 2.45) is 16.6 Å². The Morgan fingerprint density at radius 3 is 2.61 bits per heavy atom. The Kier molecular flexibility index (Phi) is 8.29. The van der Waals surface area contributed by atoms with E-state index in [2.05, 4.69) is 52.5 Å². The van der Waals surface area contributed by atoms with Gasteiger partial charge in [-0.2, -0.15) is 0 Å². The van der Waals surface area contributed by atoms with Crippen molar-refractivity contribution < 1.29 is 4.79 Å². The van der Waals surface area contributed by atoms with E-state index in [-0.39, 0.29) is 24.0 Å². The Labute approximate surface area is 184 Å². The molecule has 6 heteroatoms. The summed E-state index contributed by atoms with van der Waals surface area (Å²) in [5.41, 5.74) is 8.34. The lowest BCUT2D eigenvalue weighted by Crippen LogP contribution is -2.47. The minimum atomic E-state index is -0.405. The van der Waals surface area contributed by atoms with Crippen LogP contribution in [0.15, 0.2) is 59.6 Å². The Bertz CT molecular complexity index is 809. The number of aliphatic imine (C=N–C) groups is 1. The molecule has 0 spiro atoms. The number of primary amides is 1. The number of guanidine groups is 1. The second-order valence-corrected chi connectivity index (χ2v) is 7.19. The van der Waals surface area contributed by atoms with Gasteiger partial charge in [0.1, 0.15) is 0 Å². The van der Waals surface area contributed by atoms with Crippen LogP contribution in [0.1, 0.15) is 40.7 Å². The molecule has 2 aromatic rings. The highest BCUT2D eigenvalue weighted by Gasteiger charge is 2.28. The van der Waals surface area contributed by atoms with Crippen molar-refractivity contribution in [1.29, 1.82) is 0 Å². The number of likely N-dealkylation sites (tertiary alicyclic amines) is 1. The molecule has 0 saturated carbocycles. The molecule has 5 nitrogen and oxygen atoms in total. The summed E-state index contributed by atoms with van der Waals surface area (Å²) in [6, 6.07) is 18.2. The molecular weight excluding hydrogens is 463 g/mol. The van der Waals surface area contributed by atoms with Gasteiger partial charge in [0.25, 0.3) is 0 Å². The van der Waals surface area contributed by atoms with Crippen LogP contribution in [0.25, 0.3) is 0 Å². The number of rotatable bonds is 4. The molecule has 2 unspecified atom stereocenters. The zero-order valence-corrected chi connectivity index (χ0v) is 18.8. The summed E-state index contributed by atoms with van der Waals surface area (Å²) in [6.45, 7) is 4.87. The van der Waals surface area contributed by atoms with Crippen LogP contribution in [0.4, 0.5) is 0 Å². The molecule has 28 heavy (non-hydrogen) atoms. The van der Waals surface area contributed by atoms with Gasteiger partial charge in [-0.3, -0.25) is 9.79 Å². The summed E-state index contributed by atoms with van der Waals surface area (Å²) >= 11 is 0. The van der Waals surface area contributed by atoms with Crippen LogP contribution in [0.5, 0.6) is 0 Å². The van der Waals surface area contributed by atoms with Gasteiger partial charge in [-0.1, -0.05) is 49.4 Å². The molecule has 0 radical (unpaired) electrons. The van der Waals surface area contributed by atoms with Gasteiger partial charge in [-0.15, -0.1) is 24.0 Å². The number of nitrogens with one attached hydrogen (secondary N) is 1. The van der Waals surface area contributed by atoms with E-state index >= 15 is 0 Å². The van der Waals surface area contributed by atoms with Crippen LogP contribution >= 0.6 is 24.0 Å². The Morgan fingerprint density at radius 1 is 1.21 bits per heavy atom. The fraction of sp³-hybridized carbons (Fsp3) is 0.364. The van der Waals surface area contributed by atoms with E-state index in [1.165, 1.54) is 5.56 Å². The molecule has 0 aromatic heterocycles. The van der Waals surface area contributed by atoms with Crippen LogP contribution in [-0.4, -0.2) is 36.9 Å². The second kappa shape index (κ2) is 10.5. The first-order valence-corrected chi connectivity index (χ1v) is 9.47. The van der Waals surface area contributed by atoms with Crippen molar-refractivity contribution in [2.75, 3.05) is 20.1 Å². The highest BCUT2D eigenvalue weighted by molar-refractivity contribution is 14.0. The van der Waals surface area contributed by atoms with Crippen molar-refractivity contribution in [3.63, 3.8) is 0 Å². The standard InChI is InChI=1S/C22H28N4O.HI/c1-16-15-26(12-11-20(16)18-8-4-3-5-9-18)22(24-2)25-14-17-7-6-10-19(13-17)21(23)27;/h3-10,13,16,20H,11-12,14-15H2,1-2H3,(H2,23,27)(H,24,25);1H. The number of halogens is 1. The van der Waals surface area contributed by atoms with Crippen molar-refractivity contribution in [1.82, 2.24) is 10.2 Å². The van der Waals surface area contributed by atoms with Crippen LogP contribution in [0.3, 0.4) is 0 Å². The van der Waals surface area contributed by atoms with E-state index in [1.807, 2.05) is 25.2 Å². The first-order chi connectivity index (χ1) is 13.1. The normalized spacial score (nSPS) is 19.6. The summed E-state index contributed by atoms with van der Waals surface area (Å²) in [6.07, 6.45) is 1.11. The van der Waals surface area contributed by atoms with E-state index in [0.29, 0.717) is 23.9 Å². The van der Waals surface area contributed by atoms with Crippen LogP contribution in [-0.2, 0) is 6.54 Å². The molecule has 150 valence electrons. The third-order valence-corrected chi connectivity index (χ3v) is 5.31. The van der Waals surface area contributed by atoms with E-state index in [4.69, 9.17) is 5.73 Å². The number of carbonyl (C=O) groups is 1. The summed E-state index contributed by atoms with van der Waals surface area (Å²) in [5, 5.41) is 3.42. The minimum absolute atomic E-state index is 0. The Hall–Kier alpha value is -2.09. The molecule has 0 aliphatic carbocycles. The highest BCUT2D eigenvalue weighted by atomic mass is 127. The molecule has 2 aromatic carbocycles. The van der Waals surface area contributed by atoms with Gasteiger partial charge in [-0.05, 0) is 41.5 Å². The van der Waals surface area contributed by atoms with Crippen LogP contribution in [0.2, 0.25) is 0 Å². The first kappa shape index (κ1) is 22.2. The van der Waals surface area contributed by atoms with Gasteiger partial charge in [0, 0.05) is 32.2 Å². The number of hydrogen-bond acceptors (Lipinski definition) is 2. The maximum atomic E-state index is 11.3. The SMILES string of the molecule is CN=C(NCc1cccc(C(N)=O)c1)N1CCC(c2ccccc2)C(C)C1.I. The topological polar surface area (TPSA) is 70.7 Å². The van der Waals surface area contributed by atoms with Crippen LogP contribution < -0.4 is 11.1 Å². The average molecular weight is 492 g/mol. The van der Waals surface area contributed by atoms with E-state index in [0.717, 1.165) is 31.0 Å². The van der Waals surface area contributed by atoms with E-state index in [9.17, 15) is 4.79 Å². The van der Waals surface area contributed by atoms with Gasteiger partial charge >= 0.3 is 0 Å². The number of carbonyl (C=O) groups excluding carboxylic acids is 1. The summed E-state index contributed by atoms with van der Waals surface area (Å²) < 4.78 is 0. The molecule has 1 aliphatic heterocycles. The lowest BCUT2D eigenvalue weighted by Gasteiger charge is -2.39. The lowest BCUT2D eigenvalue weighted by molar-refractivity contribution is 0.1000. The van der Waals surface area contributed by atoms with Gasteiger partial charge in [0.2, 0.25) is 5.91 Å². The largest absolute Gasteiger partial charge is 0.366 e. The number of hydrogen-bond donors (Lipinski definition) is 2. The molecule has 3 rings (SSSR count). The molecule has 1 heterocycles. The van der Waals surface area contributed by atoms with Crippen LogP contribution in [0, 0.1) is 5.92 Å². The fourth-order valence-corrected chi connectivity index (χ4v) is 3.88. The molecule has 1 amide bonds. The molecule has 3 N–H and O–H groups in total. The summed E-state index contributed by atoms with van der Waals surface area (Å²) in [5.74, 6) is 1.64. The van der Waals surface area contributed by atoms with Crippen molar-refractivity contribution in [2.45, 2.75) is 25.8 Å². The van der Waals surface area contributed by atoms with Gasteiger partial charge in [-0.25, -0.2) is 0 Å². The smallest absolute Gasteiger partial charge is 0.248 e. The maximum absolute atomic E-state index is 11.3. The van der Waals surface area contributed by atoms with Gasteiger partial charge in [0.05, 0.1) is 0 Å². The molecule has 1 fully saturated rings. The second-order valence-electron chi connectivity index (χ2n) is 7.19. The maximum Gasteiger partial charge on any atom is 0.248 e. The van der Waals surface area contributed by atoms with Gasteiger partial charge in [0.15, 0.2) is 5.96 Å². The van der Waals surface area contributed by atoms with Crippen molar-refractivity contribution >= 4 is 35.8 Å². The Morgan fingerprint density at radius 2 is 1.96 bits per heavy atom. The molecule has 1 aliphatic rings. The molecule has 2 atom stereocenters. The van der Waals surface area contributed by atoms with E-state index < -0.39 is 5.91 Å².